The van der Waals surface area contributed by atoms with E-state index in [4.69, 9.17) is 4.52 Å². The van der Waals surface area contributed by atoms with Crippen LogP contribution < -0.4 is 4.90 Å². The van der Waals surface area contributed by atoms with Crippen molar-refractivity contribution in [3.63, 3.8) is 0 Å². The van der Waals surface area contributed by atoms with Crippen LogP contribution in [0.3, 0.4) is 0 Å². The molecule has 9 nitrogen and oxygen atoms in total. The molecule has 162 valence electrons. The van der Waals surface area contributed by atoms with Gasteiger partial charge in [-0.05, 0) is 45.4 Å². The fraction of sp³-hybridized carbons (Fsp3) is 0.333. The lowest BCUT2D eigenvalue weighted by Crippen LogP contribution is -2.43. The number of phenols is 1. The Kier molecular flexibility index (Phi) is 4.79. The maximum atomic E-state index is 13.4. The standard InChI is InChI=1S/C21H22FN5O4/c1-12-16(13(2)31-24-12)11-25-10-15(8-23-25)27-19(29)21(3,4)26(20(27)30)9-14-5-6-17(22)18(28)7-14/h5-8,10,28H,9,11H2,1-4H3. The van der Waals surface area contributed by atoms with Crippen LogP contribution in [0.5, 0.6) is 5.75 Å². The van der Waals surface area contributed by atoms with Crippen molar-refractivity contribution in [3.05, 3.63) is 59.0 Å². The minimum absolute atomic E-state index is 0.0368. The fourth-order valence-electron chi connectivity index (χ4n) is 3.61. The Morgan fingerprint density at radius 2 is 1.94 bits per heavy atom. The lowest BCUT2D eigenvalue weighted by Gasteiger charge is -2.27. The summed E-state index contributed by atoms with van der Waals surface area (Å²) in [7, 11) is 0. The third kappa shape index (κ3) is 3.43. The second kappa shape index (κ2) is 7.22. The molecule has 1 aromatic carbocycles. The van der Waals surface area contributed by atoms with Gasteiger partial charge in [-0.15, -0.1) is 0 Å². The molecule has 0 radical (unpaired) electrons. The van der Waals surface area contributed by atoms with Gasteiger partial charge in [0.2, 0.25) is 0 Å². The first kappa shape index (κ1) is 20.6. The molecule has 1 fully saturated rings. The smallest absolute Gasteiger partial charge is 0.332 e. The Morgan fingerprint density at radius 1 is 1.19 bits per heavy atom. The van der Waals surface area contributed by atoms with Crippen molar-refractivity contribution in [1.29, 1.82) is 0 Å². The highest BCUT2D eigenvalue weighted by Gasteiger charge is 2.52. The predicted octanol–water partition coefficient (Wildman–Crippen LogP) is 3.13. The molecule has 3 heterocycles. The zero-order valence-electron chi connectivity index (χ0n) is 17.6. The van der Waals surface area contributed by atoms with Crippen LogP contribution >= 0.6 is 0 Å². The number of urea groups is 1. The molecule has 0 aliphatic carbocycles. The summed E-state index contributed by atoms with van der Waals surface area (Å²) in [4.78, 5) is 28.7. The van der Waals surface area contributed by atoms with Crippen molar-refractivity contribution < 1.29 is 23.6 Å². The van der Waals surface area contributed by atoms with Gasteiger partial charge in [-0.25, -0.2) is 14.1 Å². The second-order valence-electron chi connectivity index (χ2n) is 8.05. The summed E-state index contributed by atoms with van der Waals surface area (Å²) < 4.78 is 20.1. The number of aryl methyl sites for hydroxylation is 2. The van der Waals surface area contributed by atoms with Crippen LogP contribution in [-0.2, 0) is 17.9 Å². The van der Waals surface area contributed by atoms with Crippen LogP contribution in [0.2, 0.25) is 0 Å². The molecular weight excluding hydrogens is 405 g/mol. The average Bonchev–Trinajstić information content (AvgIpc) is 3.34. The van der Waals surface area contributed by atoms with Gasteiger partial charge in [0.25, 0.3) is 5.91 Å². The quantitative estimate of drug-likeness (QED) is 0.628. The number of hydrogen-bond donors (Lipinski definition) is 1. The lowest BCUT2D eigenvalue weighted by molar-refractivity contribution is -0.123. The molecule has 0 bridgehead atoms. The maximum absolute atomic E-state index is 13.4. The Morgan fingerprint density at radius 3 is 2.58 bits per heavy atom. The number of halogens is 1. The third-order valence-corrected chi connectivity index (χ3v) is 5.55. The van der Waals surface area contributed by atoms with Crippen LogP contribution in [0.4, 0.5) is 14.9 Å². The summed E-state index contributed by atoms with van der Waals surface area (Å²) in [6, 6.07) is 3.31. The van der Waals surface area contributed by atoms with Gasteiger partial charge in [-0.3, -0.25) is 9.48 Å². The molecular formula is C21H22FN5O4. The van der Waals surface area contributed by atoms with Gasteiger partial charge in [0, 0.05) is 18.3 Å². The first-order chi connectivity index (χ1) is 14.6. The molecule has 2 aromatic heterocycles. The van der Waals surface area contributed by atoms with Gasteiger partial charge in [0.1, 0.15) is 11.3 Å². The van der Waals surface area contributed by atoms with E-state index < -0.39 is 29.0 Å². The van der Waals surface area contributed by atoms with Crippen molar-refractivity contribution in [3.8, 4) is 5.75 Å². The molecule has 0 saturated carbocycles. The van der Waals surface area contributed by atoms with E-state index in [1.54, 1.807) is 31.6 Å². The first-order valence-corrected chi connectivity index (χ1v) is 9.67. The average molecular weight is 427 g/mol. The van der Waals surface area contributed by atoms with E-state index in [9.17, 15) is 19.1 Å². The normalized spacial score (nSPS) is 15.9. The van der Waals surface area contributed by atoms with E-state index in [1.165, 1.54) is 23.2 Å². The van der Waals surface area contributed by atoms with Crippen molar-refractivity contribution in [2.24, 2.45) is 0 Å². The fourth-order valence-corrected chi connectivity index (χ4v) is 3.61. The highest BCUT2D eigenvalue weighted by atomic mass is 19.1. The Balaban J connectivity index is 1.59. The van der Waals surface area contributed by atoms with Crippen LogP contribution in [0, 0.1) is 19.7 Å². The van der Waals surface area contributed by atoms with Gasteiger partial charge < -0.3 is 14.5 Å². The molecule has 3 amide bonds. The Labute approximate surface area is 177 Å². The summed E-state index contributed by atoms with van der Waals surface area (Å²) in [5, 5.41) is 17.8. The number of aromatic hydroxyl groups is 1. The van der Waals surface area contributed by atoms with Gasteiger partial charge in [0.15, 0.2) is 11.6 Å². The summed E-state index contributed by atoms with van der Waals surface area (Å²) in [6.45, 7) is 7.35. The second-order valence-corrected chi connectivity index (χ2v) is 8.05. The van der Waals surface area contributed by atoms with E-state index in [0.29, 0.717) is 23.6 Å². The number of imide groups is 1. The zero-order chi connectivity index (χ0) is 22.5. The van der Waals surface area contributed by atoms with E-state index in [2.05, 4.69) is 10.3 Å². The highest BCUT2D eigenvalue weighted by Crippen LogP contribution is 2.33. The number of amides is 3. The van der Waals surface area contributed by atoms with E-state index >= 15 is 0 Å². The molecule has 3 aromatic rings. The van der Waals surface area contributed by atoms with Crippen LogP contribution in [0.1, 0.15) is 36.4 Å². The molecule has 1 aliphatic rings. The number of aromatic nitrogens is 3. The SMILES string of the molecule is Cc1noc(C)c1Cn1cc(N2C(=O)N(Cc3ccc(F)c(O)c3)C(C)(C)C2=O)cn1. The topological polar surface area (TPSA) is 105 Å². The number of carbonyl (C=O) groups excluding carboxylic acids is 2. The number of phenolic OH excluding ortho intramolecular Hbond substituents is 1. The third-order valence-electron chi connectivity index (χ3n) is 5.55. The van der Waals surface area contributed by atoms with Crippen molar-refractivity contribution in [2.75, 3.05) is 4.90 Å². The van der Waals surface area contributed by atoms with E-state index in [1.807, 2.05) is 6.92 Å². The zero-order valence-corrected chi connectivity index (χ0v) is 17.6. The predicted molar refractivity (Wildman–Crippen MR) is 108 cm³/mol. The van der Waals surface area contributed by atoms with Gasteiger partial charge in [0.05, 0.1) is 24.1 Å². The molecule has 0 atom stereocenters. The minimum atomic E-state index is -1.13. The van der Waals surface area contributed by atoms with Crippen LogP contribution in [0.15, 0.2) is 35.1 Å². The molecule has 4 rings (SSSR count). The number of rotatable bonds is 5. The number of hydrogen-bond acceptors (Lipinski definition) is 6. The molecule has 1 saturated heterocycles. The summed E-state index contributed by atoms with van der Waals surface area (Å²) >= 11 is 0. The summed E-state index contributed by atoms with van der Waals surface area (Å²) in [5.41, 5.74) is 1.35. The first-order valence-electron chi connectivity index (χ1n) is 9.67. The lowest BCUT2D eigenvalue weighted by atomic mass is 10.0. The number of nitrogens with zero attached hydrogens (tertiary/aromatic N) is 5. The van der Waals surface area contributed by atoms with E-state index in [0.717, 1.165) is 22.2 Å². The number of carbonyl (C=O) groups is 2. The number of benzene rings is 1. The molecule has 10 heteroatoms. The van der Waals surface area contributed by atoms with E-state index in [-0.39, 0.29) is 6.54 Å². The Hall–Kier alpha value is -3.69. The van der Waals surface area contributed by atoms with Crippen molar-refractivity contribution in [1.82, 2.24) is 19.8 Å². The molecule has 1 aliphatic heterocycles. The van der Waals surface area contributed by atoms with Gasteiger partial charge >= 0.3 is 6.03 Å². The monoisotopic (exact) mass is 427 g/mol. The Bertz CT molecular complexity index is 1160. The van der Waals surface area contributed by atoms with Gasteiger partial charge in [-0.1, -0.05) is 11.2 Å². The summed E-state index contributed by atoms with van der Waals surface area (Å²) in [5.74, 6) is -0.983. The number of anilines is 1. The highest BCUT2D eigenvalue weighted by molar-refractivity contribution is 6.22. The maximum Gasteiger partial charge on any atom is 0.332 e. The summed E-state index contributed by atoms with van der Waals surface area (Å²) in [6.07, 6.45) is 3.07. The largest absolute Gasteiger partial charge is 0.505 e. The van der Waals surface area contributed by atoms with Gasteiger partial charge in [-0.2, -0.15) is 5.10 Å². The minimum Gasteiger partial charge on any atom is -0.505 e. The van der Waals surface area contributed by atoms with Crippen LogP contribution in [-0.4, -0.2) is 42.4 Å². The molecule has 31 heavy (non-hydrogen) atoms. The molecule has 0 unspecified atom stereocenters. The molecule has 0 spiro atoms. The van der Waals surface area contributed by atoms with Crippen molar-refractivity contribution in [2.45, 2.75) is 46.3 Å². The van der Waals surface area contributed by atoms with Crippen LogP contribution in [0.25, 0.3) is 0 Å². The molecule has 1 N–H and O–H groups in total. The van der Waals surface area contributed by atoms with Crippen molar-refractivity contribution >= 4 is 17.6 Å².